The van der Waals surface area contributed by atoms with Crippen LogP contribution >= 0.6 is 7.60 Å². The first kappa shape index (κ1) is 28.5. The maximum absolute atomic E-state index is 13.7. The molecule has 0 saturated carbocycles. The minimum absolute atomic E-state index is 0.00714. The van der Waals surface area contributed by atoms with Gasteiger partial charge in [0.2, 0.25) is 5.78 Å². The highest BCUT2D eigenvalue weighted by Crippen LogP contribution is 2.53. The second-order valence-electron chi connectivity index (χ2n) is 8.14. The maximum atomic E-state index is 13.7. The van der Waals surface area contributed by atoms with Gasteiger partial charge in [0.15, 0.2) is 0 Å². The van der Waals surface area contributed by atoms with Crippen molar-refractivity contribution < 1.29 is 36.7 Å². The van der Waals surface area contributed by atoms with Gasteiger partial charge in [-0.15, -0.1) is 0 Å². The Hall–Kier alpha value is -3.07. The van der Waals surface area contributed by atoms with Gasteiger partial charge in [0.1, 0.15) is 5.69 Å². The number of nitrogens with zero attached hydrogens (tertiary/aromatic N) is 1. The molecule has 200 valence electrons. The predicted molar refractivity (Wildman–Crippen MR) is 138 cm³/mol. The molecule has 0 amide bonds. The van der Waals surface area contributed by atoms with Crippen LogP contribution in [0.2, 0.25) is 0 Å². The average molecular weight is 537 g/mol. The Morgan fingerprint density at radius 3 is 2.22 bits per heavy atom. The van der Waals surface area contributed by atoms with Gasteiger partial charge in [0, 0.05) is 23.1 Å². The molecule has 0 saturated heterocycles. The fourth-order valence-electron chi connectivity index (χ4n) is 3.96. The van der Waals surface area contributed by atoms with Crippen LogP contribution in [0.1, 0.15) is 55.7 Å². The first-order chi connectivity index (χ1) is 17.7. The molecule has 8 nitrogen and oxygen atoms in total. The highest BCUT2D eigenvalue weighted by molar-refractivity contribution is 7.54. The van der Waals surface area contributed by atoms with Crippen LogP contribution in [0.4, 0.5) is 19.3 Å². The summed E-state index contributed by atoms with van der Waals surface area (Å²) in [5.41, 5.74) is -0.374. The number of alkyl halides is 2. The third-order valence-corrected chi connectivity index (χ3v) is 8.18. The van der Waals surface area contributed by atoms with Crippen molar-refractivity contribution in [1.82, 2.24) is 4.57 Å². The number of anilines is 1. The average Bonchev–Trinajstić information content (AvgIpc) is 3.21. The molecule has 0 bridgehead atoms. The SMILES string of the molecule is CCOC(=O)n1c(C(=O)c2ccccc2)c(NCC(C)P(=O)(OCC)OCC)c2cc(C(F)F)ccc21. The number of nitrogens with one attached hydrogen (secondary N) is 1. The van der Waals surface area contributed by atoms with Gasteiger partial charge in [-0.25, -0.2) is 18.1 Å². The number of fused-ring (bicyclic) bond motifs is 1. The van der Waals surface area contributed by atoms with Crippen molar-refractivity contribution in [2.45, 2.75) is 39.8 Å². The number of aromatic nitrogens is 1. The van der Waals surface area contributed by atoms with E-state index in [1.807, 2.05) is 0 Å². The number of ether oxygens (including phenoxy) is 1. The van der Waals surface area contributed by atoms with Crippen molar-refractivity contribution in [2.24, 2.45) is 0 Å². The molecule has 11 heteroatoms. The number of benzene rings is 2. The van der Waals surface area contributed by atoms with Crippen LogP contribution < -0.4 is 5.32 Å². The number of carbonyl (C=O) groups is 2. The van der Waals surface area contributed by atoms with Gasteiger partial charge in [-0.2, -0.15) is 0 Å². The third-order valence-electron chi connectivity index (χ3n) is 5.68. The van der Waals surface area contributed by atoms with Crippen molar-refractivity contribution in [3.05, 3.63) is 65.4 Å². The lowest BCUT2D eigenvalue weighted by molar-refractivity contribution is 0.102. The Balaban J connectivity index is 2.22. The molecule has 2 aromatic carbocycles. The van der Waals surface area contributed by atoms with Gasteiger partial charge >= 0.3 is 13.7 Å². The Morgan fingerprint density at radius 1 is 1.00 bits per heavy atom. The predicted octanol–water partition coefficient (Wildman–Crippen LogP) is 6.88. The first-order valence-corrected chi connectivity index (χ1v) is 13.7. The number of hydrogen-bond acceptors (Lipinski definition) is 7. The topological polar surface area (TPSA) is 95.9 Å². The molecule has 0 fully saturated rings. The second-order valence-corrected chi connectivity index (χ2v) is 10.6. The van der Waals surface area contributed by atoms with Gasteiger partial charge < -0.3 is 19.1 Å². The number of rotatable bonds is 12. The van der Waals surface area contributed by atoms with Gasteiger partial charge in [0.05, 0.1) is 36.7 Å². The molecule has 1 aromatic heterocycles. The van der Waals surface area contributed by atoms with E-state index in [1.54, 1.807) is 58.0 Å². The highest BCUT2D eigenvalue weighted by Gasteiger charge is 2.34. The van der Waals surface area contributed by atoms with E-state index in [0.29, 0.717) is 0 Å². The number of hydrogen-bond donors (Lipinski definition) is 1. The molecular formula is C26H31F2N2O6P. The molecular weight excluding hydrogens is 505 g/mol. The summed E-state index contributed by atoms with van der Waals surface area (Å²) in [4.78, 5) is 26.8. The Kier molecular flexibility index (Phi) is 9.59. The molecule has 37 heavy (non-hydrogen) atoms. The quantitative estimate of drug-likeness (QED) is 0.199. The van der Waals surface area contributed by atoms with Gasteiger partial charge in [0.25, 0.3) is 6.43 Å². The molecule has 1 N–H and O–H groups in total. The van der Waals surface area contributed by atoms with Crippen molar-refractivity contribution in [3.63, 3.8) is 0 Å². The van der Waals surface area contributed by atoms with Crippen molar-refractivity contribution in [1.29, 1.82) is 0 Å². The molecule has 1 unspecified atom stereocenters. The Bertz CT molecular complexity index is 1290. The molecule has 1 atom stereocenters. The summed E-state index contributed by atoms with van der Waals surface area (Å²) < 4.78 is 57.6. The fraction of sp³-hybridized carbons (Fsp3) is 0.385. The number of carbonyl (C=O) groups excluding carboxylic acids is 2. The van der Waals surface area contributed by atoms with E-state index in [2.05, 4.69) is 5.32 Å². The van der Waals surface area contributed by atoms with Gasteiger partial charge in [-0.1, -0.05) is 36.4 Å². The monoisotopic (exact) mass is 536 g/mol. The second kappa shape index (κ2) is 12.4. The van der Waals surface area contributed by atoms with Crippen molar-refractivity contribution in [3.8, 4) is 0 Å². The lowest BCUT2D eigenvalue weighted by atomic mass is 10.1. The third kappa shape index (κ3) is 6.09. The lowest BCUT2D eigenvalue weighted by Crippen LogP contribution is -2.23. The van der Waals surface area contributed by atoms with E-state index >= 15 is 0 Å². The standard InChI is InChI=1S/C26H31F2N2O6P/c1-5-34-26(32)30-21-14-13-19(25(27)28)15-20(21)22(23(30)24(31)18-11-9-8-10-12-18)29-16-17(4)37(33,35-6-2)36-7-3/h8-15,17,25,29H,5-7,16H2,1-4H3. The molecule has 3 rings (SSSR count). The molecule has 0 aliphatic carbocycles. The van der Waals surface area contributed by atoms with Crippen LogP contribution in [0, 0.1) is 0 Å². The smallest absolute Gasteiger partial charge is 0.419 e. The fourth-order valence-corrected chi connectivity index (χ4v) is 5.57. The summed E-state index contributed by atoms with van der Waals surface area (Å²) >= 11 is 0. The van der Waals surface area contributed by atoms with Crippen molar-refractivity contribution >= 4 is 36.1 Å². The van der Waals surface area contributed by atoms with Gasteiger partial charge in [-0.3, -0.25) is 9.36 Å². The van der Waals surface area contributed by atoms with Crippen LogP contribution in [0.25, 0.3) is 10.9 Å². The summed E-state index contributed by atoms with van der Waals surface area (Å²) in [7, 11) is -3.52. The zero-order valence-electron chi connectivity index (χ0n) is 21.2. The summed E-state index contributed by atoms with van der Waals surface area (Å²) in [5, 5.41) is 3.31. The maximum Gasteiger partial charge on any atom is 0.419 e. The number of ketones is 1. The largest absolute Gasteiger partial charge is 0.449 e. The van der Waals surface area contributed by atoms with Crippen LogP contribution in [0.3, 0.4) is 0 Å². The van der Waals surface area contributed by atoms with Crippen LogP contribution in [0.5, 0.6) is 0 Å². The van der Waals surface area contributed by atoms with Crippen LogP contribution in [0.15, 0.2) is 48.5 Å². The molecule has 3 aromatic rings. The van der Waals surface area contributed by atoms with Crippen molar-refractivity contribution in [2.75, 3.05) is 31.7 Å². The molecule has 0 aliphatic rings. The Labute approximate surface area is 214 Å². The summed E-state index contributed by atoms with van der Waals surface area (Å²) in [6.45, 7) is 7.05. The summed E-state index contributed by atoms with van der Waals surface area (Å²) in [5.74, 6) is -0.517. The first-order valence-electron chi connectivity index (χ1n) is 12.0. The van der Waals surface area contributed by atoms with E-state index in [4.69, 9.17) is 13.8 Å². The normalized spacial score (nSPS) is 12.6. The zero-order chi connectivity index (χ0) is 27.2. The van der Waals surface area contributed by atoms with E-state index in [-0.39, 0.29) is 59.8 Å². The van der Waals surface area contributed by atoms with E-state index in [9.17, 15) is 22.9 Å². The summed E-state index contributed by atoms with van der Waals surface area (Å²) in [6, 6.07) is 12.1. The Morgan fingerprint density at radius 2 is 1.65 bits per heavy atom. The van der Waals surface area contributed by atoms with E-state index in [1.165, 1.54) is 18.2 Å². The molecule has 1 heterocycles. The van der Waals surface area contributed by atoms with E-state index in [0.717, 1.165) is 4.57 Å². The lowest BCUT2D eigenvalue weighted by Gasteiger charge is -2.24. The minimum Gasteiger partial charge on any atom is -0.449 e. The highest BCUT2D eigenvalue weighted by atomic mass is 31.2. The van der Waals surface area contributed by atoms with E-state index < -0.39 is 31.6 Å². The zero-order valence-corrected chi connectivity index (χ0v) is 22.1. The number of halogens is 2. The summed E-state index contributed by atoms with van der Waals surface area (Å²) in [6.07, 6.45) is -3.60. The minimum atomic E-state index is -3.52. The van der Waals surface area contributed by atoms with Crippen LogP contribution in [-0.2, 0) is 18.3 Å². The molecule has 0 spiro atoms. The molecule has 0 aliphatic heterocycles. The van der Waals surface area contributed by atoms with Gasteiger partial charge in [-0.05, 0) is 39.8 Å². The van der Waals surface area contributed by atoms with Crippen LogP contribution in [-0.4, -0.2) is 48.5 Å². The molecule has 0 radical (unpaired) electrons.